The number of hydrogen-bond acceptors (Lipinski definition) is 3. The molecule has 0 aliphatic heterocycles. The molecule has 0 bridgehead atoms. The number of halogens is 1. The van der Waals surface area contributed by atoms with Crippen molar-refractivity contribution >= 4 is 11.6 Å². The van der Waals surface area contributed by atoms with Crippen LogP contribution in [0.3, 0.4) is 0 Å². The zero-order chi connectivity index (χ0) is 13.1. The predicted octanol–water partition coefficient (Wildman–Crippen LogP) is 2.68. The molecule has 4 nitrogen and oxygen atoms in total. The van der Waals surface area contributed by atoms with E-state index in [9.17, 15) is 9.90 Å². The van der Waals surface area contributed by atoms with Gasteiger partial charge in [-0.1, -0.05) is 24.6 Å². The summed E-state index contributed by atoms with van der Waals surface area (Å²) in [5, 5.41) is 14.1. The third-order valence-electron chi connectivity index (χ3n) is 2.54. The number of phenolic OH excluding ortho intramolecular Hbond substituents is 1. The summed E-state index contributed by atoms with van der Waals surface area (Å²) in [6.45, 7) is 2.56. The van der Waals surface area contributed by atoms with Gasteiger partial charge in [-0.05, 0) is 24.6 Å². The lowest BCUT2D eigenvalue weighted by Crippen LogP contribution is -2.21. The van der Waals surface area contributed by atoms with Crippen LogP contribution in [0, 0.1) is 0 Å². The molecule has 94 valence electrons. The zero-order valence-electron chi connectivity index (χ0n) is 9.93. The van der Waals surface area contributed by atoms with Gasteiger partial charge in [0.25, 0.3) is 5.56 Å². The molecule has 1 N–H and O–H groups in total. The van der Waals surface area contributed by atoms with Crippen LogP contribution in [0.1, 0.15) is 13.3 Å². The molecular formula is C13H13ClN2O2. The second-order valence-corrected chi connectivity index (χ2v) is 4.35. The Labute approximate surface area is 109 Å². The van der Waals surface area contributed by atoms with E-state index in [4.69, 9.17) is 11.6 Å². The highest BCUT2D eigenvalue weighted by molar-refractivity contribution is 6.32. The minimum atomic E-state index is -0.126. The summed E-state index contributed by atoms with van der Waals surface area (Å²) in [4.78, 5) is 11.5. The minimum absolute atomic E-state index is 0.00390. The molecule has 0 radical (unpaired) electrons. The second-order valence-electron chi connectivity index (χ2n) is 3.95. The van der Waals surface area contributed by atoms with E-state index in [-0.39, 0.29) is 11.3 Å². The van der Waals surface area contributed by atoms with E-state index < -0.39 is 0 Å². The molecule has 1 heterocycles. The Morgan fingerprint density at radius 1 is 1.33 bits per heavy atom. The van der Waals surface area contributed by atoms with Gasteiger partial charge in [0.05, 0.1) is 10.7 Å². The van der Waals surface area contributed by atoms with Crippen LogP contribution >= 0.6 is 11.6 Å². The van der Waals surface area contributed by atoms with Gasteiger partial charge in [0.15, 0.2) is 0 Å². The number of rotatable bonds is 3. The lowest BCUT2D eigenvalue weighted by molar-refractivity contribution is 0.476. The number of aromatic hydroxyl groups is 1. The van der Waals surface area contributed by atoms with E-state index in [1.807, 2.05) is 6.92 Å². The molecule has 0 fully saturated rings. The highest BCUT2D eigenvalue weighted by Gasteiger charge is 2.05. The lowest BCUT2D eigenvalue weighted by Gasteiger charge is -2.06. The quantitative estimate of drug-likeness (QED) is 0.927. The van der Waals surface area contributed by atoms with Crippen LogP contribution in [0.2, 0.25) is 5.02 Å². The van der Waals surface area contributed by atoms with Gasteiger partial charge < -0.3 is 5.11 Å². The van der Waals surface area contributed by atoms with Gasteiger partial charge in [0.1, 0.15) is 5.75 Å². The summed E-state index contributed by atoms with van der Waals surface area (Å²) < 4.78 is 1.42. The molecule has 0 unspecified atom stereocenters. The van der Waals surface area contributed by atoms with Gasteiger partial charge in [-0.2, -0.15) is 5.10 Å². The van der Waals surface area contributed by atoms with Crippen LogP contribution in [-0.2, 0) is 6.54 Å². The van der Waals surface area contributed by atoms with E-state index in [1.165, 1.54) is 16.8 Å². The summed E-state index contributed by atoms with van der Waals surface area (Å²) in [5.41, 5.74) is 1.23. The molecule has 0 amide bonds. The van der Waals surface area contributed by atoms with Crippen molar-refractivity contribution in [2.24, 2.45) is 0 Å². The van der Waals surface area contributed by atoms with E-state index in [1.54, 1.807) is 18.2 Å². The number of nitrogens with zero attached hydrogens (tertiary/aromatic N) is 2. The molecule has 0 saturated heterocycles. The first-order valence-electron chi connectivity index (χ1n) is 5.69. The molecule has 0 aliphatic rings. The molecule has 18 heavy (non-hydrogen) atoms. The molecular weight excluding hydrogens is 252 g/mol. The van der Waals surface area contributed by atoms with Crippen molar-refractivity contribution < 1.29 is 5.11 Å². The van der Waals surface area contributed by atoms with E-state index in [0.29, 0.717) is 17.3 Å². The molecule has 1 aromatic heterocycles. The number of phenols is 1. The van der Waals surface area contributed by atoms with Crippen LogP contribution in [0.15, 0.2) is 35.1 Å². The molecule has 0 aliphatic carbocycles. The Balaban J connectivity index is 2.47. The minimum Gasteiger partial charge on any atom is -0.506 e. The fourth-order valence-corrected chi connectivity index (χ4v) is 1.76. The Morgan fingerprint density at radius 2 is 2.11 bits per heavy atom. The molecule has 0 saturated carbocycles. The number of aromatic nitrogens is 2. The fourth-order valence-electron chi connectivity index (χ4n) is 1.65. The first-order chi connectivity index (χ1) is 8.61. The van der Waals surface area contributed by atoms with Crippen LogP contribution < -0.4 is 5.56 Å². The molecule has 1 aromatic carbocycles. The normalized spacial score (nSPS) is 10.6. The molecule has 2 rings (SSSR count). The smallest absolute Gasteiger partial charge is 0.266 e. The number of benzene rings is 1. The van der Waals surface area contributed by atoms with Crippen molar-refractivity contribution in [1.29, 1.82) is 0 Å². The topological polar surface area (TPSA) is 55.1 Å². The van der Waals surface area contributed by atoms with Crippen molar-refractivity contribution in [2.45, 2.75) is 19.9 Å². The highest BCUT2D eigenvalue weighted by atomic mass is 35.5. The van der Waals surface area contributed by atoms with Gasteiger partial charge in [0, 0.05) is 18.2 Å². The first-order valence-corrected chi connectivity index (χ1v) is 6.06. The predicted molar refractivity (Wildman–Crippen MR) is 70.9 cm³/mol. The summed E-state index contributed by atoms with van der Waals surface area (Å²) in [6, 6.07) is 8.00. The lowest BCUT2D eigenvalue weighted by atomic mass is 10.1. The molecule has 0 atom stereocenters. The van der Waals surface area contributed by atoms with Crippen LogP contribution in [0.5, 0.6) is 5.75 Å². The summed E-state index contributed by atoms with van der Waals surface area (Å²) in [6.07, 6.45) is 0.836. The summed E-state index contributed by atoms with van der Waals surface area (Å²) >= 11 is 5.75. The van der Waals surface area contributed by atoms with Gasteiger partial charge >= 0.3 is 0 Å². The van der Waals surface area contributed by atoms with Crippen LogP contribution in [0.25, 0.3) is 11.3 Å². The zero-order valence-corrected chi connectivity index (χ0v) is 10.7. The molecule has 5 heteroatoms. The average Bonchev–Trinajstić information content (AvgIpc) is 2.36. The SMILES string of the molecule is CCCn1nc(-c2ccc(Cl)c(O)c2)ccc1=O. The maximum Gasteiger partial charge on any atom is 0.266 e. The standard InChI is InChI=1S/C13H13ClN2O2/c1-2-7-16-13(18)6-5-11(15-16)9-3-4-10(14)12(17)8-9/h3-6,8,17H,2,7H2,1H3. The number of hydrogen-bond donors (Lipinski definition) is 1. The maximum atomic E-state index is 11.5. The van der Waals surface area contributed by atoms with E-state index in [2.05, 4.69) is 5.10 Å². The van der Waals surface area contributed by atoms with Crippen molar-refractivity contribution in [1.82, 2.24) is 9.78 Å². The van der Waals surface area contributed by atoms with Crippen molar-refractivity contribution in [3.05, 3.63) is 45.7 Å². The van der Waals surface area contributed by atoms with Gasteiger partial charge in [-0.25, -0.2) is 4.68 Å². The van der Waals surface area contributed by atoms with Crippen LogP contribution in [-0.4, -0.2) is 14.9 Å². The molecule has 2 aromatic rings. The highest BCUT2D eigenvalue weighted by Crippen LogP contribution is 2.28. The Kier molecular flexibility index (Phi) is 3.67. The summed E-state index contributed by atoms with van der Waals surface area (Å²) in [5.74, 6) is 0.00390. The van der Waals surface area contributed by atoms with Crippen molar-refractivity contribution in [3.8, 4) is 17.0 Å². The third-order valence-corrected chi connectivity index (χ3v) is 2.86. The Hall–Kier alpha value is -1.81. The van der Waals surface area contributed by atoms with Crippen molar-refractivity contribution in [2.75, 3.05) is 0 Å². The summed E-state index contributed by atoms with van der Waals surface area (Å²) in [7, 11) is 0. The first kappa shape index (κ1) is 12.6. The van der Waals surface area contributed by atoms with Gasteiger partial charge in [0.2, 0.25) is 0 Å². The monoisotopic (exact) mass is 264 g/mol. The Morgan fingerprint density at radius 3 is 2.78 bits per heavy atom. The largest absolute Gasteiger partial charge is 0.506 e. The molecule has 0 spiro atoms. The fraction of sp³-hybridized carbons (Fsp3) is 0.231. The average molecular weight is 265 g/mol. The third kappa shape index (κ3) is 2.54. The maximum absolute atomic E-state index is 11.5. The second kappa shape index (κ2) is 5.23. The van der Waals surface area contributed by atoms with Crippen LogP contribution in [0.4, 0.5) is 0 Å². The van der Waals surface area contributed by atoms with Crippen molar-refractivity contribution in [3.63, 3.8) is 0 Å². The number of aryl methyl sites for hydroxylation is 1. The Bertz CT molecular complexity index is 623. The van der Waals surface area contributed by atoms with E-state index >= 15 is 0 Å². The van der Waals surface area contributed by atoms with E-state index in [0.717, 1.165) is 12.0 Å². The van der Waals surface area contributed by atoms with Gasteiger partial charge in [-0.3, -0.25) is 4.79 Å². The van der Waals surface area contributed by atoms with Gasteiger partial charge in [-0.15, -0.1) is 0 Å².